The third-order valence-electron chi connectivity index (χ3n) is 1.87. The fourth-order valence-electron chi connectivity index (χ4n) is 0.681. The molecule has 0 radical (unpaired) electrons. The molecule has 15 heavy (non-hydrogen) atoms. The van der Waals surface area contributed by atoms with Gasteiger partial charge in [0.25, 0.3) is 0 Å². The van der Waals surface area contributed by atoms with E-state index < -0.39 is 5.83 Å². The number of halogens is 1. The zero-order valence-electron chi connectivity index (χ0n) is 9.59. The van der Waals surface area contributed by atoms with Crippen LogP contribution in [0, 0.1) is 0 Å². The Labute approximate surface area is 90.9 Å². The molecule has 0 bridgehead atoms. The summed E-state index contributed by atoms with van der Waals surface area (Å²) in [5.74, 6) is -0.506. The fraction of sp³-hybridized carbons (Fsp3) is 0.455. The van der Waals surface area contributed by atoms with E-state index >= 15 is 0 Å². The molecule has 0 amide bonds. The number of rotatable bonds is 7. The van der Waals surface area contributed by atoms with Crippen LogP contribution in [0.3, 0.4) is 0 Å². The summed E-state index contributed by atoms with van der Waals surface area (Å²) in [4.78, 5) is 5.36. The van der Waals surface area contributed by atoms with E-state index in [4.69, 9.17) is 4.84 Å². The largest absolute Gasteiger partial charge is 0.315 e. The molecule has 3 nitrogen and oxygen atoms in total. The summed E-state index contributed by atoms with van der Waals surface area (Å²) in [6.07, 6.45) is 2.75. The van der Waals surface area contributed by atoms with Crippen molar-refractivity contribution in [2.75, 3.05) is 20.7 Å². The van der Waals surface area contributed by atoms with Crippen LogP contribution >= 0.6 is 0 Å². The van der Waals surface area contributed by atoms with Crippen molar-refractivity contribution in [3.05, 3.63) is 36.8 Å². The van der Waals surface area contributed by atoms with Crippen molar-refractivity contribution in [3.8, 4) is 0 Å². The number of nitrogens with one attached hydrogen (secondary N) is 1. The van der Waals surface area contributed by atoms with E-state index in [0.29, 0.717) is 12.3 Å². The molecule has 1 N–H and O–H groups in total. The maximum absolute atomic E-state index is 12.3. The van der Waals surface area contributed by atoms with Gasteiger partial charge in [0.05, 0.1) is 12.3 Å². The van der Waals surface area contributed by atoms with Gasteiger partial charge in [-0.05, 0) is 26.1 Å². The van der Waals surface area contributed by atoms with Gasteiger partial charge in [0.15, 0.2) is 0 Å². The van der Waals surface area contributed by atoms with E-state index in [-0.39, 0.29) is 6.04 Å². The van der Waals surface area contributed by atoms with Crippen LogP contribution in [0.2, 0.25) is 0 Å². The maximum Gasteiger partial charge on any atom is 0.116 e. The van der Waals surface area contributed by atoms with Crippen LogP contribution in [-0.4, -0.2) is 31.8 Å². The Morgan fingerprint density at radius 2 is 2.13 bits per heavy atom. The molecule has 0 spiro atoms. The molecule has 0 aromatic rings. The van der Waals surface area contributed by atoms with E-state index in [1.54, 1.807) is 7.05 Å². The molecular weight excluding hydrogens is 195 g/mol. The van der Waals surface area contributed by atoms with Crippen molar-refractivity contribution in [1.82, 2.24) is 10.4 Å². The van der Waals surface area contributed by atoms with Gasteiger partial charge in [0, 0.05) is 13.1 Å². The molecule has 0 rings (SSSR count). The maximum atomic E-state index is 12.3. The molecule has 0 fully saturated rings. The molecule has 4 heteroatoms. The second kappa shape index (κ2) is 7.20. The van der Waals surface area contributed by atoms with Crippen LogP contribution < -0.4 is 5.32 Å². The second-order valence-corrected chi connectivity index (χ2v) is 3.25. The SMILES string of the molecule is C=C(F)/C=C\C(=C)N(C)OCC(C)NC. The number of likely N-dealkylation sites (N-methyl/N-ethyl adjacent to an activating group) is 2. The summed E-state index contributed by atoms with van der Waals surface area (Å²) in [6.45, 7) is 9.35. The minimum absolute atomic E-state index is 0.250. The van der Waals surface area contributed by atoms with Gasteiger partial charge in [-0.15, -0.1) is 0 Å². The smallest absolute Gasteiger partial charge is 0.116 e. The van der Waals surface area contributed by atoms with Crippen molar-refractivity contribution < 1.29 is 9.23 Å². The van der Waals surface area contributed by atoms with Gasteiger partial charge in [0.1, 0.15) is 5.83 Å². The lowest BCUT2D eigenvalue weighted by Gasteiger charge is -2.21. The van der Waals surface area contributed by atoms with Crippen LogP contribution in [-0.2, 0) is 4.84 Å². The zero-order chi connectivity index (χ0) is 11.8. The lowest BCUT2D eigenvalue weighted by Crippen LogP contribution is -2.30. The molecule has 0 saturated heterocycles. The minimum Gasteiger partial charge on any atom is -0.315 e. The van der Waals surface area contributed by atoms with E-state index in [1.807, 2.05) is 14.0 Å². The Morgan fingerprint density at radius 3 is 2.60 bits per heavy atom. The minimum atomic E-state index is -0.506. The van der Waals surface area contributed by atoms with Gasteiger partial charge in [-0.2, -0.15) is 0 Å². The van der Waals surface area contributed by atoms with E-state index in [2.05, 4.69) is 18.5 Å². The van der Waals surface area contributed by atoms with Crippen LogP contribution in [0.1, 0.15) is 6.92 Å². The first kappa shape index (κ1) is 13.9. The Bertz CT molecular complexity index is 251. The topological polar surface area (TPSA) is 24.5 Å². The molecule has 86 valence electrons. The van der Waals surface area contributed by atoms with Gasteiger partial charge in [0.2, 0.25) is 0 Å². The second-order valence-electron chi connectivity index (χ2n) is 3.25. The number of nitrogens with zero attached hydrogens (tertiary/aromatic N) is 1. The Kier molecular flexibility index (Phi) is 6.66. The molecule has 0 aromatic carbocycles. The number of hydroxylamine groups is 2. The van der Waals surface area contributed by atoms with Gasteiger partial charge in [-0.3, -0.25) is 9.90 Å². The lowest BCUT2D eigenvalue weighted by atomic mass is 10.4. The van der Waals surface area contributed by atoms with Crippen LogP contribution in [0.5, 0.6) is 0 Å². The molecule has 1 unspecified atom stereocenters. The first-order chi connectivity index (χ1) is 6.97. The van der Waals surface area contributed by atoms with Crippen LogP contribution in [0.15, 0.2) is 36.8 Å². The molecule has 0 aliphatic rings. The number of allylic oxidation sites excluding steroid dienone is 3. The molecule has 0 aliphatic heterocycles. The average molecular weight is 214 g/mol. The van der Waals surface area contributed by atoms with E-state index in [9.17, 15) is 4.39 Å². The summed E-state index contributed by atoms with van der Waals surface area (Å²) in [5.41, 5.74) is 0.567. The molecule has 0 aromatic heterocycles. The van der Waals surface area contributed by atoms with Crippen molar-refractivity contribution >= 4 is 0 Å². The highest BCUT2D eigenvalue weighted by Crippen LogP contribution is 2.04. The molecule has 0 saturated carbocycles. The highest BCUT2D eigenvalue weighted by molar-refractivity contribution is 5.18. The predicted octanol–water partition coefficient (Wildman–Crippen LogP) is 2.01. The van der Waals surface area contributed by atoms with E-state index in [0.717, 1.165) is 0 Å². The van der Waals surface area contributed by atoms with Gasteiger partial charge < -0.3 is 5.32 Å². The Morgan fingerprint density at radius 1 is 1.53 bits per heavy atom. The standard InChI is InChI=1S/C11H19FN2O/c1-9(12)6-7-11(3)14(5)15-8-10(2)13-4/h6-7,10,13H,1,3,8H2,2,4-5H3/b7-6-. The number of hydrogen-bond acceptors (Lipinski definition) is 3. The summed E-state index contributed by atoms with van der Waals surface area (Å²) < 4.78 is 12.3. The third kappa shape index (κ3) is 6.88. The van der Waals surface area contributed by atoms with Crippen LogP contribution in [0.25, 0.3) is 0 Å². The van der Waals surface area contributed by atoms with Gasteiger partial charge in [-0.25, -0.2) is 4.39 Å². The van der Waals surface area contributed by atoms with Crippen molar-refractivity contribution in [3.63, 3.8) is 0 Å². The molecule has 0 aliphatic carbocycles. The normalized spacial score (nSPS) is 12.8. The zero-order valence-corrected chi connectivity index (χ0v) is 9.59. The predicted molar refractivity (Wildman–Crippen MR) is 60.8 cm³/mol. The summed E-state index contributed by atoms with van der Waals surface area (Å²) >= 11 is 0. The highest BCUT2D eigenvalue weighted by Gasteiger charge is 2.02. The lowest BCUT2D eigenvalue weighted by molar-refractivity contribution is -0.113. The summed E-state index contributed by atoms with van der Waals surface area (Å²) in [5, 5.41) is 4.53. The summed E-state index contributed by atoms with van der Waals surface area (Å²) in [6, 6.07) is 0.250. The Hall–Kier alpha value is -1.13. The molecule has 1 atom stereocenters. The number of hydrogen-bond donors (Lipinski definition) is 1. The van der Waals surface area contributed by atoms with Crippen LogP contribution in [0.4, 0.5) is 4.39 Å². The quantitative estimate of drug-likeness (QED) is 0.518. The van der Waals surface area contributed by atoms with Gasteiger partial charge >= 0.3 is 0 Å². The monoisotopic (exact) mass is 214 g/mol. The first-order valence-electron chi connectivity index (χ1n) is 4.72. The third-order valence-corrected chi connectivity index (χ3v) is 1.87. The van der Waals surface area contributed by atoms with E-state index in [1.165, 1.54) is 17.2 Å². The fourth-order valence-corrected chi connectivity index (χ4v) is 0.681. The van der Waals surface area contributed by atoms with Gasteiger partial charge in [-0.1, -0.05) is 13.2 Å². The Balaban J connectivity index is 3.94. The first-order valence-corrected chi connectivity index (χ1v) is 4.72. The molecular formula is C11H19FN2O. The van der Waals surface area contributed by atoms with Crippen molar-refractivity contribution in [1.29, 1.82) is 0 Å². The van der Waals surface area contributed by atoms with Crippen molar-refractivity contribution in [2.45, 2.75) is 13.0 Å². The highest BCUT2D eigenvalue weighted by atomic mass is 19.1. The average Bonchev–Trinajstić information content (AvgIpc) is 2.21. The molecule has 0 heterocycles. The summed E-state index contributed by atoms with van der Waals surface area (Å²) in [7, 11) is 3.58. The van der Waals surface area contributed by atoms with Crippen molar-refractivity contribution in [2.24, 2.45) is 0 Å².